The van der Waals surface area contributed by atoms with Gasteiger partial charge in [-0.05, 0) is 53.9 Å². The third-order valence-electron chi connectivity index (χ3n) is 7.80. The van der Waals surface area contributed by atoms with Crippen molar-refractivity contribution in [3.05, 3.63) is 83.4 Å². The molecule has 0 bridgehead atoms. The van der Waals surface area contributed by atoms with Gasteiger partial charge in [-0.15, -0.1) is 0 Å². The average Bonchev–Trinajstić information content (AvgIpc) is 3.46. The third kappa shape index (κ3) is 5.80. The van der Waals surface area contributed by atoms with E-state index in [-0.39, 0.29) is 10.8 Å². The number of thiazole rings is 1. The number of nitrogens with one attached hydrogen (secondary N) is 1. The van der Waals surface area contributed by atoms with Crippen LogP contribution < -0.4 is 15.0 Å². The zero-order valence-electron chi connectivity index (χ0n) is 23.0. The summed E-state index contributed by atoms with van der Waals surface area (Å²) in [6.45, 7) is 5.59. The summed E-state index contributed by atoms with van der Waals surface area (Å²) in [5.41, 5.74) is 3.59. The van der Waals surface area contributed by atoms with E-state index < -0.39 is 10.0 Å². The first-order valence-corrected chi connectivity index (χ1v) is 16.0. The summed E-state index contributed by atoms with van der Waals surface area (Å²) in [4.78, 5) is 22.4. The van der Waals surface area contributed by atoms with Crippen molar-refractivity contribution in [3.8, 4) is 5.75 Å². The number of fused-ring (bicyclic) bond motifs is 2. The number of anilines is 1. The quantitative estimate of drug-likeness (QED) is 0.335. The van der Waals surface area contributed by atoms with Crippen molar-refractivity contribution >= 4 is 42.6 Å². The molecule has 0 aliphatic carbocycles. The van der Waals surface area contributed by atoms with Crippen LogP contribution in [0.4, 0.5) is 5.13 Å². The Morgan fingerprint density at radius 2 is 1.71 bits per heavy atom. The Morgan fingerprint density at radius 1 is 0.951 bits per heavy atom. The minimum atomic E-state index is -3.63. The summed E-state index contributed by atoms with van der Waals surface area (Å²) < 4.78 is 34.5. The normalized spacial score (nSPS) is 16.5. The van der Waals surface area contributed by atoms with Gasteiger partial charge in [0, 0.05) is 57.9 Å². The lowest BCUT2D eigenvalue weighted by Crippen LogP contribution is -2.48. The number of carbonyl (C=O) groups excluding carboxylic acids is 1. The van der Waals surface area contributed by atoms with Gasteiger partial charge >= 0.3 is 0 Å². The smallest absolute Gasteiger partial charge is 0.251 e. The van der Waals surface area contributed by atoms with E-state index >= 15 is 0 Å². The zero-order valence-corrected chi connectivity index (χ0v) is 24.6. The van der Waals surface area contributed by atoms with Crippen molar-refractivity contribution in [1.82, 2.24) is 19.5 Å². The Balaban J connectivity index is 0.980. The summed E-state index contributed by atoms with van der Waals surface area (Å²) in [5.74, 6) is 0.590. The number of methoxy groups -OCH3 is 1. The van der Waals surface area contributed by atoms with Gasteiger partial charge < -0.3 is 15.0 Å². The first-order chi connectivity index (χ1) is 19.9. The number of rotatable bonds is 8. The highest BCUT2D eigenvalue weighted by molar-refractivity contribution is 7.89. The second-order valence-electron chi connectivity index (χ2n) is 10.3. The molecule has 2 aliphatic heterocycles. The monoisotopic (exact) mass is 591 g/mol. The molecule has 9 nitrogen and oxygen atoms in total. The molecule has 3 heterocycles. The zero-order chi connectivity index (χ0) is 28.4. The molecule has 11 heteroatoms. The summed E-state index contributed by atoms with van der Waals surface area (Å²) in [6, 6.07) is 20.2. The maximum atomic E-state index is 13.2. The number of para-hydroxylation sites is 1. The van der Waals surface area contributed by atoms with Gasteiger partial charge in [0.15, 0.2) is 5.13 Å². The number of hydrogen-bond donors (Lipinski definition) is 1. The standard InChI is InChI=1S/C30H33N5O4S2/c1-39-26-7-4-8-27-28(26)32-30(40-27)34-19-17-33(18-20-34)16-14-31-29(36)23-9-11-25(12-10-23)41(37,38)35-15-13-22-5-2-3-6-24(22)21-35/h2-12H,13-21H2,1H3,(H,31,36). The third-order valence-corrected chi connectivity index (χ3v) is 10.7. The molecule has 1 fully saturated rings. The molecular weight excluding hydrogens is 558 g/mol. The molecule has 0 atom stereocenters. The Bertz CT molecular complexity index is 1650. The number of sulfonamides is 1. The van der Waals surface area contributed by atoms with Gasteiger partial charge in [-0.2, -0.15) is 4.31 Å². The summed E-state index contributed by atoms with van der Waals surface area (Å²) in [5, 5.41) is 3.98. The minimum Gasteiger partial charge on any atom is -0.494 e. The molecule has 2 aliphatic rings. The predicted molar refractivity (Wildman–Crippen MR) is 161 cm³/mol. The molecule has 4 aromatic rings. The number of nitrogens with zero attached hydrogens (tertiary/aromatic N) is 4. The molecule has 1 saturated heterocycles. The van der Waals surface area contributed by atoms with Gasteiger partial charge in [-0.3, -0.25) is 9.69 Å². The fourth-order valence-electron chi connectivity index (χ4n) is 5.41. The van der Waals surface area contributed by atoms with Crippen molar-refractivity contribution in [3.63, 3.8) is 0 Å². The first-order valence-electron chi connectivity index (χ1n) is 13.8. The van der Waals surface area contributed by atoms with Crippen molar-refractivity contribution in [2.24, 2.45) is 0 Å². The SMILES string of the molecule is COc1cccc2sc(N3CCN(CCNC(=O)c4ccc(S(=O)(=O)N5CCc6ccccc6C5)cc4)CC3)nc12. The van der Waals surface area contributed by atoms with Gasteiger partial charge in [0.2, 0.25) is 10.0 Å². The lowest BCUT2D eigenvalue weighted by Gasteiger charge is -2.34. The average molecular weight is 592 g/mol. The highest BCUT2D eigenvalue weighted by Crippen LogP contribution is 2.34. The number of ether oxygens (including phenoxy) is 1. The molecular formula is C30H33N5O4S2. The number of hydrogen-bond acceptors (Lipinski definition) is 8. The number of carbonyl (C=O) groups is 1. The fourth-order valence-corrected chi connectivity index (χ4v) is 7.86. The first kappa shape index (κ1) is 27.6. The molecule has 0 saturated carbocycles. The number of aromatic nitrogens is 1. The van der Waals surface area contributed by atoms with Crippen molar-refractivity contribution in [2.45, 2.75) is 17.9 Å². The molecule has 1 N–H and O–H groups in total. The van der Waals surface area contributed by atoms with E-state index in [0.717, 1.165) is 59.4 Å². The predicted octanol–water partition coefficient (Wildman–Crippen LogP) is 3.60. The molecule has 0 spiro atoms. The fraction of sp³-hybridized carbons (Fsp3) is 0.333. The minimum absolute atomic E-state index is 0.206. The summed E-state index contributed by atoms with van der Waals surface area (Å²) >= 11 is 1.68. The molecule has 0 unspecified atom stereocenters. The number of piperazine rings is 1. The Morgan fingerprint density at radius 3 is 2.46 bits per heavy atom. The molecule has 41 heavy (non-hydrogen) atoms. The molecule has 1 aromatic heterocycles. The van der Waals surface area contributed by atoms with Crippen LogP contribution in [0.2, 0.25) is 0 Å². The van der Waals surface area contributed by atoms with E-state index in [4.69, 9.17) is 9.72 Å². The van der Waals surface area contributed by atoms with Crippen LogP contribution >= 0.6 is 11.3 Å². The van der Waals surface area contributed by atoms with Crippen LogP contribution in [0.15, 0.2) is 71.6 Å². The Hall–Kier alpha value is -3.51. The largest absolute Gasteiger partial charge is 0.494 e. The van der Waals surface area contributed by atoms with Crippen LogP contribution in [0.3, 0.4) is 0 Å². The van der Waals surface area contributed by atoms with Crippen LogP contribution in [0.1, 0.15) is 21.5 Å². The van der Waals surface area contributed by atoms with Gasteiger partial charge in [0.25, 0.3) is 5.91 Å². The van der Waals surface area contributed by atoms with Gasteiger partial charge in [0.1, 0.15) is 11.3 Å². The Kier molecular flexibility index (Phi) is 7.94. The molecule has 3 aromatic carbocycles. The van der Waals surface area contributed by atoms with E-state index in [0.29, 0.717) is 31.6 Å². The molecule has 214 valence electrons. The molecule has 6 rings (SSSR count). The lowest BCUT2D eigenvalue weighted by atomic mass is 10.0. The topological polar surface area (TPSA) is 95.1 Å². The van der Waals surface area contributed by atoms with Crippen molar-refractivity contribution in [2.75, 3.05) is 57.8 Å². The number of benzene rings is 3. The van der Waals surface area contributed by atoms with Crippen LogP contribution in [-0.2, 0) is 23.0 Å². The van der Waals surface area contributed by atoms with E-state index in [1.807, 2.05) is 30.3 Å². The lowest BCUT2D eigenvalue weighted by molar-refractivity contribution is 0.0947. The second-order valence-corrected chi connectivity index (χ2v) is 13.2. The second kappa shape index (κ2) is 11.8. The van der Waals surface area contributed by atoms with E-state index in [9.17, 15) is 13.2 Å². The van der Waals surface area contributed by atoms with Crippen LogP contribution in [0.25, 0.3) is 10.2 Å². The van der Waals surface area contributed by atoms with Gasteiger partial charge in [-0.1, -0.05) is 41.7 Å². The van der Waals surface area contributed by atoms with Crippen molar-refractivity contribution in [1.29, 1.82) is 0 Å². The van der Waals surface area contributed by atoms with Crippen LogP contribution in [0, 0.1) is 0 Å². The van der Waals surface area contributed by atoms with E-state index in [1.54, 1.807) is 30.6 Å². The number of amides is 1. The maximum Gasteiger partial charge on any atom is 0.251 e. The van der Waals surface area contributed by atoms with Gasteiger partial charge in [-0.25, -0.2) is 13.4 Å². The highest BCUT2D eigenvalue weighted by Gasteiger charge is 2.28. The molecule has 0 radical (unpaired) electrons. The van der Waals surface area contributed by atoms with Gasteiger partial charge in [0.05, 0.1) is 16.7 Å². The van der Waals surface area contributed by atoms with Crippen LogP contribution in [-0.4, -0.2) is 81.4 Å². The summed E-state index contributed by atoms with van der Waals surface area (Å²) in [7, 11) is -1.97. The Labute approximate surface area is 244 Å². The highest BCUT2D eigenvalue weighted by atomic mass is 32.2. The van der Waals surface area contributed by atoms with Crippen LogP contribution in [0.5, 0.6) is 5.75 Å². The molecule has 1 amide bonds. The summed E-state index contributed by atoms with van der Waals surface area (Å²) in [6.07, 6.45) is 0.697. The van der Waals surface area contributed by atoms with E-state index in [1.165, 1.54) is 22.0 Å². The maximum absolute atomic E-state index is 13.2. The van der Waals surface area contributed by atoms with Crippen molar-refractivity contribution < 1.29 is 17.9 Å². The van der Waals surface area contributed by atoms with E-state index in [2.05, 4.69) is 27.2 Å².